The molecular formula is C17H18N2O4. The van der Waals surface area contributed by atoms with E-state index in [2.05, 4.69) is 4.90 Å². The van der Waals surface area contributed by atoms with Crippen LogP contribution in [0.25, 0.3) is 6.08 Å². The fourth-order valence-electron chi connectivity index (χ4n) is 3.09. The molecule has 23 heavy (non-hydrogen) atoms. The van der Waals surface area contributed by atoms with Crippen LogP contribution in [-0.4, -0.2) is 42.4 Å². The lowest BCUT2D eigenvalue weighted by Crippen LogP contribution is -2.36. The van der Waals surface area contributed by atoms with E-state index >= 15 is 0 Å². The molecule has 1 saturated heterocycles. The quantitative estimate of drug-likeness (QED) is 0.485. The molecule has 1 aliphatic carbocycles. The number of benzene rings is 1. The Hall–Kier alpha value is -2.47. The van der Waals surface area contributed by atoms with Gasteiger partial charge in [-0.25, -0.2) is 0 Å². The third-order valence-electron chi connectivity index (χ3n) is 4.16. The summed E-state index contributed by atoms with van der Waals surface area (Å²) in [5, 5.41) is 10.9. The predicted octanol–water partition coefficient (Wildman–Crippen LogP) is 2.56. The second-order valence-corrected chi connectivity index (χ2v) is 5.61. The SMILES string of the molecule is O=CC1=C(N2CCOCC2)C(=Cc2cccc([N+](=O)[O-])c2)CC1. The number of nitro groups is 1. The number of morpholine rings is 1. The smallest absolute Gasteiger partial charge is 0.270 e. The highest BCUT2D eigenvalue weighted by Gasteiger charge is 2.25. The van der Waals surface area contributed by atoms with Crippen molar-refractivity contribution < 1.29 is 14.5 Å². The van der Waals surface area contributed by atoms with Crippen LogP contribution in [0.3, 0.4) is 0 Å². The first-order chi connectivity index (χ1) is 11.2. The summed E-state index contributed by atoms with van der Waals surface area (Å²) in [5.74, 6) is 0. The van der Waals surface area contributed by atoms with Crippen molar-refractivity contribution in [3.63, 3.8) is 0 Å². The van der Waals surface area contributed by atoms with Crippen LogP contribution in [0.5, 0.6) is 0 Å². The summed E-state index contributed by atoms with van der Waals surface area (Å²) < 4.78 is 5.38. The van der Waals surface area contributed by atoms with Gasteiger partial charge in [-0.15, -0.1) is 0 Å². The molecule has 1 aromatic rings. The molecule has 0 amide bonds. The van der Waals surface area contributed by atoms with E-state index in [1.54, 1.807) is 12.1 Å². The molecule has 1 heterocycles. The molecule has 0 bridgehead atoms. The Bertz CT molecular complexity index is 688. The standard InChI is InChI=1S/C17H18N2O4/c20-12-15-5-4-14(17(15)18-6-8-23-9-7-18)10-13-2-1-3-16(11-13)19(21)22/h1-3,10-12H,4-9H2. The van der Waals surface area contributed by atoms with Crippen molar-refractivity contribution in [2.75, 3.05) is 26.3 Å². The van der Waals surface area contributed by atoms with E-state index in [1.807, 2.05) is 12.1 Å². The van der Waals surface area contributed by atoms with Gasteiger partial charge in [0, 0.05) is 36.5 Å². The Morgan fingerprint density at radius 3 is 2.70 bits per heavy atom. The van der Waals surface area contributed by atoms with Gasteiger partial charge in [-0.1, -0.05) is 12.1 Å². The average molecular weight is 314 g/mol. The highest BCUT2D eigenvalue weighted by Crippen LogP contribution is 2.35. The summed E-state index contributed by atoms with van der Waals surface area (Å²) in [4.78, 5) is 24.1. The number of carbonyl (C=O) groups excluding carboxylic acids is 1. The molecule has 0 aromatic heterocycles. The Labute approximate surface area is 134 Å². The number of non-ortho nitro benzene ring substituents is 1. The molecule has 6 nitrogen and oxygen atoms in total. The van der Waals surface area contributed by atoms with Crippen molar-refractivity contribution in [2.24, 2.45) is 0 Å². The zero-order valence-corrected chi connectivity index (χ0v) is 12.7. The highest BCUT2D eigenvalue weighted by atomic mass is 16.6. The molecule has 6 heteroatoms. The van der Waals surface area contributed by atoms with Crippen LogP contribution in [0.1, 0.15) is 18.4 Å². The first kappa shape index (κ1) is 15.4. The highest BCUT2D eigenvalue weighted by molar-refractivity contribution is 5.80. The molecule has 2 aliphatic rings. The van der Waals surface area contributed by atoms with Gasteiger partial charge in [-0.05, 0) is 30.1 Å². The third kappa shape index (κ3) is 3.32. The summed E-state index contributed by atoms with van der Waals surface area (Å²) >= 11 is 0. The van der Waals surface area contributed by atoms with Crippen molar-refractivity contribution in [1.29, 1.82) is 0 Å². The van der Waals surface area contributed by atoms with Crippen molar-refractivity contribution in [3.05, 3.63) is 56.8 Å². The largest absolute Gasteiger partial charge is 0.378 e. The molecule has 1 fully saturated rings. The van der Waals surface area contributed by atoms with Crippen molar-refractivity contribution in [2.45, 2.75) is 12.8 Å². The lowest BCUT2D eigenvalue weighted by atomic mass is 10.1. The van der Waals surface area contributed by atoms with Gasteiger partial charge in [-0.2, -0.15) is 0 Å². The van der Waals surface area contributed by atoms with Crippen LogP contribution in [0, 0.1) is 10.1 Å². The number of nitrogens with zero attached hydrogens (tertiary/aromatic N) is 2. The molecule has 0 radical (unpaired) electrons. The van der Waals surface area contributed by atoms with Crippen LogP contribution in [0.2, 0.25) is 0 Å². The summed E-state index contributed by atoms with van der Waals surface area (Å²) in [7, 11) is 0. The minimum absolute atomic E-state index is 0.0739. The van der Waals surface area contributed by atoms with Gasteiger partial charge in [0.05, 0.1) is 18.1 Å². The van der Waals surface area contributed by atoms with Gasteiger partial charge in [0.25, 0.3) is 5.69 Å². The van der Waals surface area contributed by atoms with Crippen LogP contribution in [0.4, 0.5) is 5.69 Å². The second-order valence-electron chi connectivity index (χ2n) is 5.61. The molecule has 120 valence electrons. The number of carbonyl (C=O) groups is 1. The number of rotatable bonds is 4. The first-order valence-corrected chi connectivity index (χ1v) is 7.65. The first-order valence-electron chi connectivity index (χ1n) is 7.65. The Kier molecular flexibility index (Phi) is 4.52. The molecule has 0 atom stereocenters. The number of hydrogen-bond acceptors (Lipinski definition) is 5. The normalized spacial score (nSPS) is 20.2. The lowest BCUT2D eigenvalue weighted by molar-refractivity contribution is -0.384. The number of hydrogen-bond donors (Lipinski definition) is 0. The van der Waals surface area contributed by atoms with Gasteiger partial charge in [-0.3, -0.25) is 14.9 Å². The Balaban J connectivity index is 1.94. The van der Waals surface area contributed by atoms with E-state index in [0.29, 0.717) is 13.2 Å². The van der Waals surface area contributed by atoms with E-state index in [-0.39, 0.29) is 5.69 Å². The van der Waals surface area contributed by atoms with E-state index in [9.17, 15) is 14.9 Å². The van der Waals surface area contributed by atoms with Crippen molar-refractivity contribution >= 4 is 18.0 Å². The van der Waals surface area contributed by atoms with Gasteiger partial charge in [0.1, 0.15) is 6.29 Å². The maximum absolute atomic E-state index is 11.4. The molecule has 0 spiro atoms. The van der Waals surface area contributed by atoms with Gasteiger partial charge < -0.3 is 9.64 Å². The van der Waals surface area contributed by atoms with Crippen molar-refractivity contribution in [3.8, 4) is 0 Å². The fraction of sp³-hybridized carbons (Fsp3) is 0.353. The molecule has 0 saturated carbocycles. The third-order valence-corrected chi connectivity index (χ3v) is 4.16. The topological polar surface area (TPSA) is 72.7 Å². The van der Waals surface area contributed by atoms with Gasteiger partial charge >= 0.3 is 0 Å². The fourth-order valence-corrected chi connectivity index (χ4v) is 3.09. The van der Waals surface area contributed by atoms with Crippen LogP contribution in [0.15, 0.2) is 41.1 Å². The number of ether oxygens (including phenoxy) is 1. The molecule has 1 aromatic carbocycles. The molecule has 0 unspecified atom stereocenters. The maximum Gasteiger partial charge on any atom is 0.270 e. The molecule has 0 N–H and O–H groups in total. The monoisotopic (exact) mass is 314 g/mol. The summed E-state index contributed by atoms with van der Waals surface area (Å²) in [5.41, 5.74) is 3.71. The maximum atomic E-state index is 11.4. The van der Waals surface area contributed by atoms with Gasteiger partial charge in [0.2, 0.25) is 0 Å². The van der Waals surface area contributed by atoms with Crippen LogP contribution >= 0.6 is 0 Å². The van der Waals surface area contributed by atoms with E-state index in [0.717, 1.165) is 54.6 Å². The zero-order chi connectivity index (χ0) is 16.2. The van der Waals surface area contributed by atoms with Gasteiger partial charge in [0.15, 0.2) is 0 Å². The molecular weight excluding hydrogens is 296 g/mol. The molecule has 3 rings (SSSR count). The number of aldehydes is 1. The van der Waals surface area contributed by atoms with Crippen LogP contribution in [-0.2, 0) is 9.53 Å². The lowest BCUT2D eigenvalue weighted by Gasteiger charge is -2.31. The van der Waals surface area contributed by atoms with E-state index in [4.69, 9.17) is 4.74 Å². The summed E-state index contributed by atoms with van der Waals surface area (Å²) in [6.07, 6.45) is 4.38. The second kappa shape index (κ2) is 6.75. The number of nitro benzene ring substituents is 1. The average Bonchev–Trinajstić information content (AvgIpc) is 2.98. The molecule has 1 aliphatic heterocycles. The Morgan fingerprint density at radius 2 is 2.00 bits per heavy atom. The van der Waals surface area contributed by atoms with Crippen molar-refractivity contribution in [1.82, 2.24) is 4.90 Å². The minimum atomic E-state index is -0.397. The Morgan fingerprint density at radius 1 is 1.22 bits per heavy atom. The number of allylic oxidation sites excluding steroid dienone is 2. The van der Waals surface area contributed by atoms with Crippen LogP contribution < -0.4 is 0 Å². The van der Waals surface area contributed by atoms with E-state index < -0.39 is 4.92 Å². The summed E-state index contributed by atoms with van der Waals surface area (Å²) in [6.45, 7) is 2.83. The zero-order valence-electron chi connectivity index (χ0n) is 12.7. The summed E-state index contributed by atoms with van der Waals surface area (Å²) in [6, 6.07) is 6.56. The minimum Gasteiger partial charge on any atom is -0.378 e. The predicted molar refractivity (Wildman–Crippen MR) is 85.8 cm³/mol. The van der Waals surface area contributed by atoms with E-state index in [1.165, 1.54) is 6.07 Å².